The first-order valence-corrected chi connectivity index (χ1v) is 6.34. The zero-order valence-electron chi connectivity index (χ0n) is 11.0. The van der Waals surface area contributed by atoms with E-state index in [0.29, 0.717) is 12.5 Å². The fourth-order valence-corrected chi connectivity index (χ4v) is 2.01. The summed E-state index contributed by atoms with van der Waals surface area (Å²) in [5.41, 5.74) is 6.89. The van der Waals surface area contributed by atoms with E-state index in [4.69, 9.17) is 19.9 Å². The van der Waals surface area contributed by atoms with Crippen LogP contribution >= 0.6 is 0 Å². The first kappa shape index (κ1) is 13.2. The highest BCUT2D eigenvalue weighted by atomic mass is 16.5. The average molecular weight is 251 g/mol. The Morgan fingerprint density at radius 2 is 2.28 bits per heavy atom. The number of nitrogens with two attached hydrogens (primary N) is 1. The zero-order valence-corrected chi connectivity index (χ0v) is 11.0. The molecule has 2 atom stereocenters. The fourth-order valence-electron chi connectivity index (χ4n) is 2.01. The van der Waals surface area contributed by atoms with Gasteiger partial charge in [-0.15, -0.1) is 0 Å². The van der Waals surface area contributed by atoms with Crippen LogP contribution in [0.2, 0.25) is 0 Å². The standard InChI is InChI=1S/C14H21NO3/c1-10(15)12-3-4-13(14(7-12)16-2)18-9-11-5-6-17-8-11/h3-4,7,10-11H,5-6,8-9,15H2,1-2H3/t10-,11?/m1/s1. The molecule has 2 N–H and O–H groups in total. The summed E-state index contributed by atoms with van der Waals surface area (Å²) in [6, 6.07) is 5.84. The Kier molecular flexibility index (Phi) is 4.44. The van der Waals surface area contributed by atoms with E-state index in [-0.39, 0.29) is 6.04 Å². The summed E-state index contributed by atoms with van der Waals surface area (Å²) in [5, 5.41) is 0. The Bertz CT molecular complexity index is 387. The van der Waals surface area contributed by atoms with Gasteiger partial charge in [-0.25, -0.2) is 0 Å². The molecule has 1 aliphatic heterocycles. The van der Waals surface area contributed by atoms with Crippen molar-refractivity contribution in [1.82, 2.24) is 0 Å². The van der Waals surface area contributed by atoms with Gasteiger partial charge in [-0.05, 0) is 31.0 Å². The first-order chi connectivity index (χ1) is 8.70. The van der Waals surface area contributed by atoms with Crippen molar-refractivity contribution in [3.8, 4) is 11.5 Å². The molecule has 0 radical (unpaired) electrons. The molecule has 4 heteroatoms. The van der Waals surface area contributed by atoms with Gasteiger partial charge < -0.3 is 19.9 Å². The highest BCUT2D eigenvalue weighted by Crippen LogP contribution is 2.30. The summed E-state index contributed by atoms with van der Waals surface area (Å²) in [6.07, 6.45) is 1.07. The molecular weight excluding hydrogens is 230 g/mol. The second-order valence-corrected chi connectivity index (χ2v) is 4.74. The molecule has 0 bridgehead atoms. The third kappa shape index (κ3) is 3.15. The fraction of sp³-hybridized carbons (Fsp3) is 0.571. The molecule has 1 aromatic carbocycles. The summed E-state index contributed by atoms with van der Waals surface area (Å²) < 4.78 is 16.5. The normalized spacial score (nSPS) is 20.7. The summed E-state index contributed by atoms with van der Waals surface area (Å²) in [4.78, 5) is 0. The van der Waals surface area contributed by atoms with Crippen LogP contribution in [-0.2, 0) is 4.74 Å². The van der Waals surface area contributed by atoms with Crippen molar-refractivity contribution < 1.29 is 14.2 Å². The Hall–Kier alpha value is -1.26. The summed E-state index contributed by atoms with van der Waals surface area (Å²) in [7, 11) is 1.64. The lowest BCUT2D eigenvalue weighted by molar-refractivity contribution is 0.165. The highest BCUT2D eigenvalue weighted by Gasteiger charge is 2.17. The van der Waals surface area contributed by atoms with Crippen LogP contribution in [0.25, 0.3) is 0 Å². The molecule has 1 saturated heterocycles. The SMILES string of the molecule is COc1cc([C@@H](C)N)ccc1OCC1CCOC1. The lowest BCUT2D eigenvalue weighted by Crippen LogP contribution is -2.12. The van der Waals surface area contributed by atoms with Gasteiger partial charge >= 0.3 is 0 Å². The van der Waals surface area contributed by atoms with E-state index >= 15 is 0 Å². The largest absolute Gasteiger partial charge is 0.493 e. The van der Waals surface area contributed by atoms with Gasteiger partial charge in [-0.2, -0.15) is 0 Å². The second-order valence-electron chi connectivity index (χ2n) is 4.74. The molecule has 0 aliphatic carbocycles. The van der Waals surface area contributed by atoms with E-state index < -0.39 is 0 Å². The molecule has 0 saturated carbocycles. The topological polar surface area (TPSA) is 53.7 Å². The molecule has 2 rings (SSSR count). The van der Waals surface area contributed by atoms with Gasteiger partial charge in [0.05, 0.1) is 20.3 Å². The highest BCUT2D eigenvalue weighted by molar-refractivity contribution is 5.43. The molecule has 1 fully saturated rings. The molecule has 1 heterocycles. The number of rotatable bonds is 5. The Labute approximate surface area is 108 Å². The minimum absolute atomic E-state index is 0.00354. The van der Waals surface area contributed by atoms with Crippen LogP contribution in [0.5, 0.6) is 11.5 Å². The first-order valence-electron chi connectivity index (χ1n) is 6.34. The maximum absolute atomic E-state index is 5.85. The van der Waals surface area contributed by atoms with Crippen LogP contribution in [0.4, 0.5) is 0 Å². The van der Waals surface area contributed by atoms with Gasteiger partial charge in [-0.1, -0.05) is 6.07 Å². The van der Waals surface area contributed by atoms with Gasteiger partial charge in [0.2, 0.25) is 0 Å². The van der Waals surface area contributed by atoms with E-state index in [1.807, 2.05) is 25.1 Å². The van der Waals surface area contributed by atoms with Crippen LogP contribution in [0.1, 0.15) is 24.9 Å². The number of benzene rings is 1. The van der Waals surface area contributed by atoms with Crippen molar-refractivity contribution in [3.63, 3.8) is 0 Å². The lowest BCUT2D eigenvalue weighted by atomic mass is 10.1. The molecule has 0 amide bonds. The molecule has 1 aliphatic rings. The van der Waals surface area contributed by atoms with Crippen LogP contribution in [0.15, 0.2) is 18.2 Å². The van der Waals surface area contributed by atoms with Gasteiger partial charge in [0, 0.05) is 18.6 Å². The van der Waals surface area contributed by atoms with Crippen LogP contribution in [-0.4, -0.2) is 26.9 Å². The van der Waals surface area contributed by atoms with E-state index in [1.54, 1.807) is 7.11 Å². The van der Waals surface area contributed by atoms with Crippen molar-refractivity contribution in [3.05, 3.63) is 23.8 Å². The minimum Gasteiger partial charge on any atom is -0.493 e. The van der Waals surface area contributed by atoms with Gasteiger partial charge in [0.25, 0.3) is 0 Å². The summed E-state index contributed by atoms with van der Waals surface area (Å²) in [5.74, 6) is 2.00. The minimum atomic E-state index is -0.00354. The third-order valence-corrected chi connectivity index (χ3v) is 3.21. The molecule has 18 heavy (non-hydrogen) atoms. The number of hydrogen-bond acceptors (Lipinski definition) is 4. The Morgan fingerprint density at radius 1 is 1.44 bits per heavy atom. The quantitative estimate of drug-likeness (QED) is 0.871. The molecule has 100 valence electrons. The smallest absolute Gasteiger partial charge is 0.161 e. The lowest BCUT2D eigenvalue weighted by Gasteiger charge is -2.15. The van der Waals surface area contributed by atoms with Crippen molar-refractivity contribution >= 4 is 0 Å². The maximum Gasteiger partial charge on any atom is 0.161 e. The Balaban J connectivity index is 2.02. The average Bonchev–Trinajstić information content (AvgIpc) is 2.89. The zero-order chi connectivity index (χ0) is 13.0. The van der Waals surface area contributed by atoms with Crippen molar-refractivity contribution in [2.45, 2.75) is 19.4 Å². The van der Waals surface area contributed by atoms with Gasteiger partial charge in [-0.3, -0.25) is 0 Å². The van der Waals surface area contributed by atoms with Crippen LogP contribution in [0.3, 0.4) is 0 Å². The second kappa shape index (κ2) is 6.07. The van der Waals surface area contributed by atoms with E-state index in [9.17, 15) is 0 Å². The van der Waals surface area contributed by atoms with E-state index in [0.717, 1.165) is 36.7 Å². The van der Waals surface area contributed by atoms with E-state index in [2.05, 4.69) is 0 Å². The Morgan fingerprint density at radius 3 is 2.89 bits per heavy atom. The third-order valence-electron chi connectivity index (χ3n) is 3.21. The predicted octanol–water partition coefficient (Wildman–Crippen LogP) is 2.13. The predicted molar refractivity (Wildman–Crippen MR) is 70.0 cm³/mol. The van der Waals surface area contributed by atoms with Gasteiger partial charge in [0.1, 0.15) is 0 Å². The van der Waals surface area contributed by atoms with Crippen LogP contribution < -0.4 is 15.2 Å². The van der Waals surface area contributed by atoms with E-state index in [1.165, 1.54) is 0 Å². The molecule has 1 aromatic rings. The number of methoxy groups -OCH3 is 1. The van der Waals surface area contributed by atoms with Crippen molar-refractivity contribution in [2.24, 2.45) is 11.7 Å². The monoisotopic (exact) mass is 251 g/mol. The number of hydrogen-bond donors (Lipinski definition) is 1. The molecule has 0 aromatic heterocycles. The number of ether oxygens (including phenoxy) is 3. The summed E-state index contributed by atoms with van der Waals surface area (Å²) >= 11 is 0. The van der Waals surface area contributed by atoms with Crippen molar-refractivity contribution in [2.75, 3.05) is 26.9 Å². The van der Waals surface area contributed by atoms with Gasteiger partial charge in [0.15, 0.2) is 11.5 Å². The summed E-state index contributed by atoms with van der Waals surface area (Å²) in [6.45, 7) is 4.26. The van der Waals surface area contributed by atoms with Crippen molar-refractivity contribution in [1.29, 1.82) is 0 Å². The molecule has 0 spiro atoms. The van der Waals surface area contributed by atoms with Crippen LogP contribution in [0, 0.1) is 5.92 Å². The molecular formula is C14H21NO3. The maximum atomic E-state index is 5.85. The molecule has 1 unspecified atom stereocenters. The molecule has 4 nitrogen and oxygen atoms in total.